The van der Waals surface area contributed by atoms with E-state index in [9.17, 15) is 8.42 Å². The smallest absolute Gasteiger partial charge is 0.245 e. The summed E-state index contributed by atoms with van der Waals surface area (Å²) in [5.41, 5.74) is 0.653. The molecule has 0 radical (unpaired) electrons. The number of likely N-dealkylation sites (tertiary alicyclic amines) is 1. The van der Waals surface area contributed by atoms with E-state index in [0.717, 1.165) is 36.7 Å². The Morgan fingerprint density at radius 3 is 1.82 bits per heavy atom. The zero-order valence-electron chi connectivity index (χ0n) is 22.6. The monoisotopic (exact) mass is 548 g/mol. The predicted octanol–water partition coefficient (Wildman–Crippen LogP) is 5.06. The van der Waals surface area contributed by atoms with Crippen LogP contribution >= 0.6 is 0 Å². The van der Waals surface area contributed by atoms with Crippen molar-refractivity contribution in [1.29, 1.82) is 0 Å². The van der Waals surface area contributed by atoms with E-state index in [1.165, 1.54) is 16.3 Å². The van der Waals surface area contributed by atoms with Crippen molar-refractivity contribution < 1.29 is 22.7 Å². The molecular formula is C31H36N2O5S. The summed E-state index contributed by atoms with van der Waals surface area (Å²) in [6.45, 7) is 8.72. The maximum Gasteiger partial charge on any atom is 0.245 e. The number of hydrogen-bond donors (Lipinski definition) is 0. The molecule has 0 aromatic heterocycles. The van der Waals surface area contributed by atoms with Gasteiger partial charge in [0.1, 0.15) is 19.3 Å². The van der Waals surface area contributed by atoms with Gasteiger partial charge in [-0.2, -0.15) is 4.31 Å². The summed E-state index contributed by atoms with van der Waals surface area (Å²) < 4.78 is 34.1. The molecule has 1 spiro atoms. The fourth-order valence-corrected chi connectivity index (χ4v) is 6.82. The Kier molecular flexibility index (Phi) is 10.5. The molecule has 7 nitrogen and oxygen atoms in total. The molecule has 0 saturated carbocycles. The second kappa shape index (κ2) is 13.6. The maximum absolute atomic E-state index is 13.3. The van der Waals surface area contributed by atoms with Crippen molar-refractivity contribution in [2.75, 3.05) is 33.3 Å². The molecule has 0 N–H and O–H groups in total. The Hall–Kier alpha value is -3.43. The number of fused-ring (bicyclic) bond motifs is 2. The van der Waals surface area contributed by atoms with Gasteiger partial charge in [0, 0.05) is 32.5 Å². The van der Waals surface area contributed by atoms with Crippen LogP contribution in [0.2, 0.25) is 0 Å². The zero-order valence-corrected chi connectivity index (χ0v) is 23.4. The van der Waals surface area contributed by atoms with Gasteiger partial charge < -0.3 is 19.2 Å². The van der Waals surface area contributed by atoms with Crippen LogP contribution in [0.25, 0.3) is 21.5 Å². The average Bonchev–Trinajstić information content (AvgIpc) is 3.41. The van der Waals surface area contributed by atoms with Crippen LogP contribution in [0, 0.1) is 6.92 Å². The number of benzene rings is 4. The summed E-state index contributed by atoms with van der Waals surface area (Å²) in [5.74, 6) is 0. The molecule has 2 heterocycles. The third-order valence-corrected chi connectivity index (χ3v) is 9.05. The Labute approximate surface area is 231 Å². The van der Waals surface area contributed by atoms with Gasteiger partial charge in [0.05, 0.1) is 11.5 Å². The number of aryl methyl sites for hydroxylation is 1. The highest BCUT2D eigenvalue weighted by molar-refractivity contribution is 7.89. The molecule has 8 heteroatoms. The minimum atomic E-state index is -3.57. The highest BCUT2D eigenvalue weighted by Crippen LogP contribution is 2.38. The Bertz CT molecular complexity index is 1480. The molecule has 4 aromatic rings. The van der Waals surface area contributed by atoms with Gasteiger partial charge in [-0.1, -0.05) is 78.4 Å². The maximum atomic E-state index is 13.3. The standard InChI is InChI=1S/C18H22N2O3S.C11H10.2CH2O/c1-19-10-8-18(9-11-19)20(12-13-23-18)24(21,22)17-7-6-15-4-2-3-5-16(15)14-17;1-9-6-7-10-4-2-3-5-11(10)8-9;2*1-2/h2-7,14H,8-13H2,1H3;2-8H,1H3;2*1H2. The van der Waals surface area contributed by atoms with Gasteiger partial charge in [-0.05, 0) is 47.6 Å². The molecule has 0 bridgehead atoms. The minimum absolute atomic E-state index is 0.352. The fourth-order valence-electron chi connectivity index (χ4n) is 5.06. The van der Waals surface area contributed by atoms with Crippen molar-refractivity contribution in [3.05, 3.63) is 90.5 Å². The van der Waals surface area contributed by atoms with E-state index in [2.05, 4.69) is 61.3 Å². The van der Waals surface area contributed by atoms with Gasteiger partial charge in [-0.25, -0.2) is 8.42 Å². The molecular weight excluding hydrogens is 512 g/mol. The molecule has 0 atom stereocenters. The van der Waals surface area contributed by atoms with Crippen molar-refractivity contribution in [1.82, 2.24) is 9.21 Å². The number of hydrogen-bond acceptors (Lipinski definition) is 6. The Morgan fingerprint density at radius 1 is 0.718 bits per heavy atom. The fraction of sp³-hybridized carbons (Fsp3) is 0.290. The molecule has 2 saturated heterocycles. The van der Waals surface area contributed by atoms with Crippen molar-refractivity contribution >= 4 is 45.1 Å². The first-order chi connectivity index (χ1) is 18.9. The van der Waals surface area contributed by atoms with Crippen LogP contribution in [-0.4, -0.2) is 70.2 Å². The van der Waals surface area contributed by atoms with Crippen molar-refractivity contribution in [3.63, 3.8) is 0 Å². The second-order valence-corrected chi connectivity index (χ2v) is 11.4. The molecule has 2 aliphatic heterocycles. The first kappa shape index (κ1) is 30.1. The summed E-state index contributed by atoms with van der Waals surface area (Å²) in [7, 11) is -1.51. The van der Waals surface area contributed by atoms with Crippen LogP contribution in [0.15, 0.2) is 89.8 Å². The third kappa shape index (κ3) is 6.78. The summed E-state index contributed by atoms with van der Waals surface area (Å²) in [5, 5.41) is 4.63. The quantitative estimate of drug-likeness (QED) is 0.348. The summed E-state index contributed by atoms with van der Waals surface area (Å²) >= 11 is 0. The number of rotatable bonds is 2. The van der Waals surface area contributed by atoms with Gasteiger partial charge in [-0.3, -0.25) is 0 Å². The number of sulfonamides is 1. The third-order valence-electron chi connectivity index (χ3n) is 7.10. The van der Waals surface area contributed by atoms with Crippen molar-refractivity contribution in [3.8, 4) is 0 Å². The van der Waals surface area contributed by atoms with Crippen molar-refractivity contribution in [2.45, 2.75) is 30.4 Å². The van der Waals surface area contributed by atoms with E-state index in [0.29, 0.717) is 18.0 Å². The largest absolute Gasteiger partial charge is 0.358 e. The van der Waals surface area contributed by atoms with Crippen LogP contribution in [-0.2, 0) is 24.3 Å². The van der Waals surface area contributed by atoms with Crippen LogP contribution in [0.5, 0.6) is 0 Å². The van der Waals surface area contributed by atoms with E-state index in [1.807, 2.05) is 43.9 Å². The second-order valence-electron chi connectivity index (χ2n) is 9.53. The van der Waals surface area contributed by atoms with Crippen molar-refractivity contribution in [2.24, 2.45) is 0 Å². The number of carbonyl (C=O) groups excluding carboxylic acids is 2. The van der Waals surface area contributed by atoms with E-state index >= 15 is 0 Å². The average molecular weight is 549 g/mol. The molecule has 206 valence electrons. The summed E-state index contributed by atoms with van der Waals surface area (Å²) in [4.78, 5) is 18.6. The lowest BCUT2D eigenvalue weighted by Gasteiger charge is -2.41. The Balaban J connectivity index is 0.000000234. The van der Waals surface area contributed by atoms with Gasteiger partial charge in [-0.15, -0.1) is 0 Å². The van der Waals surface area contributed by atoms with Crippen LogP contribution in [0.1, 0.15) is 18.4 Å². The molecule has 39 heavy (non-hydrogen) atoms. The molecule has 6 rings (SSSR count). The minimum Gasteiger partial charge on any atom is -0.358 e. The number of ether oxygens (including phenoxy) is 1. The van der Waals surface area contributed by atoms with Crippen LogP contribution in [0.3, 0.4) is 0 Å². The zero-order chi connectivity index (χ0) is 28.5. The van der Waals surface area contributed by atoms with Gasteiger partial charge in [0.2, 0.25) is 10.0 Å². The predicted molar refractivity (Wildman–Crippen MR) is 156 cm³/mol. The van der Waals surface area contributed by atoms with Crippen LogP contribution in [0.4, 0.5) is 0 Å². The normalized spacial score (nSPS) is 16.9. The summed E-state index contributed by atoms with van der Waals surface area (Å²) in [6, 6.07) is 28.1. The van der Waals surface area contributed by atoms with E-state index in [-0.39, 0.29) is 0 Å². The van der Waals surface area contributed by atoms with E-state index < -0.39 is 15.7 Å². The van der Waals surface area contributed by atoms with Gasteiger partial charge in [0.25, 0.3) is 0 Å². The van der Waals surface area contributed by atoms with E-state index in [4.69, 9.17) is 14.3 Å². The molecule has 2 fully saturated rings. The molecule has 2 aliphatic rings. The Morgan fingerprint density at radius 2 is 1.23 bits per heavy atom. The van der Waals surface area contributed by atoms with Crippen LogP contribution < -0.4 is 0 Å². The number of carbonyl (C=O) groups is 2. The molecule has 4 aromatic carbocycles. The first-order valence-electron chi connectivity index (χ1n) is 12.7. The SMILES string of the molecule is C=O.C=O.CN1CCC2(CC1)OCCN2S(=O)(=O)c1ccc2ccccc2c1.Cc1ccc2ccccc2c1. The number of nitrogens with zero attached hydrogens (tertiary/aromatic N) is 2. The lowest BCUT2D eigenvalue weighted by atomic mass is 10.0. The molecule has 0 aliphatic carbocycles. The summed E-state index contributed by atoms with van der Waals surface area (Å²) in [6.07, 6.45) is 1.44. The molecule has 0 amide bonds. The lowest BCUT2D eigenvalue weighted by Crippen LogP contribution is -2.54. The van der Waals surface area contributed by atoms with E-state index in [1.54, 1.807) is 16.4 Å². The first-order valence-corrected chi connectivity index (χ1v) is 14.2. The number of piperidine rings is 1. The van der Waals surface area contributed by atoms with Gasteiger partial charge >= 0.3 is 0 Å². The topological polar surface area (TPSA) is 84.0 Å². The highest BCUT2D eigenvalue weighted by Gasteiger charge is 2.50. The lowest BCUT2D eigenvalue weighted by molar-refractivity contribution is -0.0987. The highest BCUT2D eigenvalue weighted by atomic mass is 32.2. The van der Waals surface area contributed by atoms with Gasteiger partial charge in [0.15, 0.2) is 0 Å². The molecule has 0 unspecified atom stereocenters.